The summed E-state index contributed by atoms with van der Waals surface area (Å²) in [5.74, 6) is -0.899. The second-order valence-corrected chi connectivity index (χ2v) is 5.75. The summed E-state index contributed by atoms with van der Waals surface area (Å²) >= 11 is 0. The van der Waals surface area contributed by atoms with E-state index in [1.807, 2.05) is 6.92 Å². The topological polar surface area (TPSA) is 67.2 Å². The summed E-state index contributed by atoms with van der Waals surface area (Å²) in [5, 5.41) is 16.3. The summed E-state index contributed by atoms with van der Waals surface area (Å²) in [6.45, 7) is 2.31. The number of unbranched alkanes of at least 4 members (excludes halogenated alkanes) is 1. The monoisotopic (exact) mass is 355 g/mol. The highest BCUT2D eigenvalue weighted by Crippen LogP contribution is 2.29. The number of rotatable bonds is 8. The van der Waals surface area contributed by atoms with Crippen LogP contribution in [-0.4, -0.2) is 26.9 Å². The van der Waals surface area contributed by atoms with Gasteiger partial charge >= 0.3 is 12.1 Å². The van der Waals surface area contributed by atoms with Crippen LogP contribution in [0.2, 0.25) is 0 Å². The molecule has 0 bridgehead atoms. The number of nitrogens with zero attached hydrogens (tertiary/aromatic N) is 2. The Labute approximate surface area is 143 Å². The standard InChI is InChI=1S/C17H20F3N3O2/c1-2-3-4-15(16(24)25)21-9-12-10-22-23(11-12)14-7-5-13(6-8-14)17(18,19)20/h5-8,10-11,15,21H,2-4,9H2,1H3,(H,24,25). The Hall–Kier alpha value is -2.35. The Bertz CT molecular complexity index is 696. The highest BCUT2D eigenvalue weighted by Gasteiger charge is 2.30. The number of halogens is 3. The molecule has 0 fully saturated rings. The van der Waals surface area contributed by atoms with Gasteiger partial charge in [-0.25, -0.2) is 4.68 Å². The van der Waals surface area contributed by atoms with E-state index in [1.165, 1.54) is 16.8 Å². The Balaban J connectivity index is 2.01. The fourth-order valence-electron chi connectivity index (χ4n) is 2.36. The summed E-state index contributed by atoms with van der Waals surface area (Å²) in [4.78, 5) is 11.2. The van der Waals surface area contributed by atoms with Gasteiger partial charge in [0, 0.05) is 18.3 Å². The van der Waals surface area contributed by atoms with Crippen molar-refractivity contribution in [2.24, 2.45) is 0 Å². The van der Waals surface area contributed by atoms with Crippen molar-refractivity contribution in [1.82, 2.24) is 15.1 Å². The molecule has 0 aliphatic heterocycles. The minimum Gasteiger partial charge on any atom is -0.480 e. The van der Waals surface area contributed by atoms with Crippen molar-refractivity contribution in [3.05, 3.63) is 47.8 Å². The van der Waals surface area contributed by atoms with Gasteiger partial charge < -0.3 is 10.4 Å². The van der Waals surface area contributed by atoms with Crippen molar-refractivity contribution in [2.45, 2.75) is 44.9 Å². The van der Waals surface area contributed by atoms with Crippen molar-refractivity contribution in [3.63, 3.8) is 0 Å². The van der Waals surface area contributed by atoms with Gasteiger partial charge in [0.2, 0.25) is 0 Å². The molecule has 0 spiro atoms. The van der Waals surface area contributed by atoms with Crippen LogP contribution in [0.15, 0.2) is 36.7 Å². The number of alkyl halides is 3. The van der Waals surface area contributed by atoms with Crippen LogP contribution in [-0.2, 0) is 17.5 Å². The normalized spacial score (nSPS) is 13.0. The average molecular weight is 355 g/mol. The van der Waals surface area contributed by atoms with Crippen LogP contribution in [0.4, 0.5) is 13.2 Å². The van der Waals surface area contributed by atoms with Crippen LogP contribution in [0, 0.1) is 0 Å². The van der Waals surface area contributed by atoms with Gasteiger partial charge in [0.25, 0.3) is 0 Å². The number of carboxylic acid groups (broad SMARTS) is 1. The highest BCUT2D eigenvalue weighted by molar-refractivity contribution is 5.73. The summed E-state index contributed by atoms with van der Waals surface area (Å²) in [5.41, 5.74) is 0.535. The number of hydrogen-bond acceptors (Lipinski definition) is 3. The smallest absolute Gasteiger partial charge is 0.416 e. The van der Waals surface area contributed by atoms with E-state index in [2.05, 4.69) is 10.4 Å². The third kappa shape index (κ3) is 5.32. The van der Waals surface area contributed by atoms with Crippen molar-refractivity contribution in [3.8, 4) is 5.69 Å². The van der Waals surface area contributed by atoms with Gasteiger partial charge in [-0.3, -0.25) is 4.79 Å². The van der Waals surface area contributed by atoms with Crippen LogP contribution in [0.1, 0.15) is 37.3 Å². The van der Waals surface area contributed by atoms with Crippen LogP contribution in [0.25, 0.3) is 5.69 Å². The Morgan fingerprint density at radius 1 is 1.32 bits per heavy atom. The molecule has 0 radical (unpaired) electrons. The van der Waals surface area contributed by atoms with E-state index in [1.54, 1.807) is 12.4 Å². The molecule has 0 aliphatic rings. The van der Waals surface area contributed by atoms with Gasteiger partial charge in [-0.05, 0) is 30.7 Å². The number of benzene rings is 1. The van der Waals surface area contributed by atoms with Gasteiger partial charge in [-0.1, -0.05) is 19.8 Å². The van der Waals surface area contributed by atoms with Crippen molar-refractivity contribution < 1.29 is 23.1 Å². The van der Waals surface area contributed by atoms with Crippen molar-refractivity contribution in [2.75, 3.05) is 0 Å². The first-order valence-electron chi connectivity index (χ1n) is 7.98. The Morgan fingerprint density at radius 3 is 2.56 bits per heavy atom. The molecule has 1 aromatic heterocycles. The molecule has 5 nitrogen and oxygen atoms in total. The highest BCUT2D eigenvalue weighted by atomic mass is 19.4. The zero-order valence-corrected chi connectivity index (χ0v) is 13.8. The van der Waals surface area contributed by atoms with Gasteiger partial charge in [0.15, 0.2) is 0 Å². The number of hydrogen-bond donors (Lipinski definition) is 2. The van der Waals surface area contributed by atoms with Crippen LogP contribution >= 0.6 is 0 Å². The summed E-state index contributed by atoms with van der Waals surface area (Å²) < 4.78 is 39.2. The summed E-state index contributed by atoms with van der Waals surface area (Å²) in [6, 6.07) is 4.05. The molecule has 2 aromatic rings. The minimum atomic E-state index is -4.37. The fourth-order valence-corrected chi connectivity index (χ4v) is 2.36. The largest absolute Gasteiger partial charge is 0.480 e. The Kier molecular flexibility index (Phi) is 6.19. The molecule has 2 N–H and O–H groups in total. The van der Waals surface area contributed by atoms with E-state index in [4.69, 9.17) is 0 Å². The number of carboxylic acids is 1. The molecule has 1 aromatic carbocycles. The van der Waals surface area contributed by atoms with Gasteiger partial charge in [-0.2, -0.15) is 18.3 Å². The Morgan fingerprint density at radius 2 is 2.00 bits per heavy atom. The summed E-state index contributed by atoms with van der Waals surface area (Å²) in [7, 11) is 0. The molecule has 25 heavy (non-hydrogen) atoms. The molecule has 1 atom stereocenters. The number of nitrogens with one attached hydrogen (secondary N) is 1. The van der Waals surface area contributed by atoms with Crippen LogP contribution < -0.4 is 5.32 Å². The fraction of sp³-hybridized carbons (Fsp3) is 0.412. The number of aromatic nitrogens is 2. The lowest BCUT2D eigenvalue weighted by molar-refractivity contribution is -0.140. The molecule has 8 heteroatoms. The van der Waals surface area contributed by atoms with Gasteiger partial charge in [0.1, 0.15) is 6.04 Å². The SMILES string of the molecule is CCCCC(NCc1cnn(-c2ccc(C(F)(F)F)cc2)c1)C(=O)O. The summed E-state index contributed by atoms with van der Waals surface area (Å²) in [6.07, 6.45) is 1.12. The molecule has 0 aliphatic carbocycles. The number of aliphatic carboxylic acids is 1. The predicted octanol–water partition coefficient (Wildman–Crippen LogP) is 3.62. The zero-order chi connectivity index (χ0) is 18.4. The van der Waals surface area contributed by atoms with Crippen molar-refractivity contribution >= 4 is 5.97 Å². The van der Waals surface area contributed by atoms with E-state index in [0.717, 1.165) is 30.5 Å². The first-order chi connectivity index (χ1) is 11.8. The van der Waals surface area contributed by atoms with Crippen LogP contribution in [0.5, 0.6) is 0 Å². The third-order valence-electron chi connectivity index (χ3n) is 3.79. The lowest BCUT2D eigenvalue weighted by Gasteiger charge is -2.13. The maximum atomic E-state index is 12.6. The van der Waals surface area contributed by atoms with Gasteiger partial charge in [0.05, 0.1) is 17.4 Å². The first-order valence-corrected chi connectivity index (χ1v) is 7.98. The van der Waals surface area contributed by atoms with E-state index >= 15 is 0 Å². The van der Waals surface area contributed by atoms with E-state index in [-0.39, 0.29) is 0 Å². The maximum absolute atomic E-state index is 12.6. The van der Waals surface area contributed by atoms with E-state index in [9.17, 15) is 23.1 Å². The predicted molar refractivity (Wildman–Crippen MR) is 86.4 cm³/mol. The molecule has 0 saturated carbocycles. The zero-order valence-electron chi connectivity index (χ0n) is 13.8. The lowest BCUT2D eigenvalue weighted by atomic mass is 10.1. The van der Waals surface area contributed by atoms with Gasteiger partial charge in [-0.15, -0.1) is 0 Å². The minimum absolute atomic E-state index is 0.321. The quantitative estimate of drug-likeness (QED) is 0.759. The third-order valence-corrected chi connectivity index (χ3v) is 3.79. The average Bonchev–Trinajstić information content (AvgIpc) is 3.03. The van der Waals surface area contributed by atoms with Crippen LogP contribution in [0.3, 0.4) is 0 Å². The molecular weight excluding hydrogens is 335 g/mol. The molecular formula is C17H20F3N3O2. The van der Waals surface area contributed by atoms with Crippen molar-refractivity contribution in [1.29, 1.82) is 0 Å². The first kappa shape index (κ1) is 19.0. The van der Waals surface area contributed by atoms with E-state index < -0.39 is 23.8 Å². The maximum Gasteiger partial charge on any atom is 0.416 e. The molecule has 0 saturated heterocycles. The number of carbonyl (C=O) groups is 1. The second-order valence-electron chi connectivity index (χ2n) is 5.75. The van der Waals surface area contributed by atoms with E-state index in [0.29, 0.717) is 18.7 Å². The molecule has 1 unspecified atom stereocenters. The molecule has 2 rings (SSSR count). The molecule has 0 amide bonds. The molecule has 136 valence electrons. The second kappa shape index (κ2) is 8.15. The molecule has 1 heterocycles. The lowest BCUT2D eigenvalue weighted by Crippen LogP contribution is -2.36.